The van der Waals surface area contributed by atoms with E-state index < -0.39 is 20.0 Å². The van der Waals surface area contributed by atoms with Gasteiger partial charge in [0.15, 0.2) is 5.65 Å². The summed E-state index contributed by atoms with van der Waals surface area (Å²) in [5, 5.41) is 9.50. The van der Waals surface area contributed by atoms with E-state index in [4.69, 9.17) is 5.26 Å². The molecule has 2 fully saturated rings. The van der Waals surface area contributed by atoms with Gasteiger partial charge >= 0.3 is 0 Å². The maximum Gasteiger partial charge on any atom is 0.269 e. The quantitative estimate of drug-likeness (QED) is 0.468. The van der Waals surface area contributed by atoms with Gasteiger partial charge in [0.25, 0.3) is 10.0 Å². The van der Waals surface area contributed by atoms with Crippen LogP contribution >= 0.6 is 0 Å². The van der Waals surface area contributed by atoms with E-state index in [1.807, 2.05) is 18.9 Å². The number of rotatable bonds is 7. The van der Waals surface area contributed by atoms with Crippen molar-refractivity contribution in [3.8, 4) is 6.07 Å². The van der Waals surface area contributed by atoms with Crippen molar-refractivity contribution >= 4 is 36.9 Å². The largest absolute Gasteiger partial charge is 0.356 e. The molecule has 2 aromatic heterocycles. The standard InChI is InChI=1S/C23H26N6O4S2/c1-16-3-5-20(6-4-16)35(32,33)29-8-7-21-22(25-15-26-23(21)29)27(2)19-9-17(10-19)14-34(30,31)28-12-18(11-24)13-28/h3-8,15,17-19H,9-10,12-14H2,1-2H3. The summed E-state index contributed by atoms with van der Waals surface area (Å²) in [5.41, 5.74) is 1.26. The first-order valence-corrected chi connectivity index (χ1v) is 14.4. The lowest BCUT2D eigenvalue weighted by Crippen LogP contribution is -2.52. The summed E-state index contributed by atoms with van der Waals surface area (Å²) in [6.45, 7) is 2.47. The van der Waals surface area contributed by atoms with Gasteiger partial charge in [0.05, 0.1) is 28.0 Å². The minimum Gasteiger partial charge on any atom is -0.356 e. The zero-order valence-electron chi connectivity index (χ0n) is 19.4. The van der Waals surface area contributed by atoms with Gasteiger partial charge < -0.3 is 4.90 Å². The molecule has 0 unspecified atom stereocenters. The van der Waals surface area contributed by atoms with Crippen LogP contribution in [0.4, 0.5) is 5.82 Å². The Hall–Kier alpha value is -3.01. The lowest BCUT2D eigenvalue weighted by atomic mass is 9.81. The first-order valence-electron chi connectivity index (χ1n) is 11.3. The van der Waals surface area contributed by atoms with Crippen LogP contribution < -0.4 is 4.90 Å². The zero-order valence-corrected chi connectivity index (χ0v) is 21.1. The van der Waals surface area contributed by atoms with E-state index in [9.17, 15) is 16.8 Å². The first-order chi connectivity index (χ1) is 16.6. The Kier molecular flexibility index (Phi) is 5.82. The third kappa shape index (κ3) is 4.17. The molecule has 10 nitrogen and oxygen atoms in total. The fourth-order valence-electron chi connectivity index (χ4n) is 4.69. The van der Waals surface area contributed by atoms with Gasteiger partial charge in [-0.05, 0) is 43.9 Å². The number of aryl methyl sites for hydroxylation is 1. The highest BCUT2D eigenvalue weighted by molar-refractivity contribution is 7.90. The number of fused-ring (bicyclic) bond motifs is 1. The average molecular weight is 515 g/mol. The number of sulfonamides is 1. The predicted molar refractivity (Wildman–Crippen MR) is 131 cm³/mol. The molecule has 184 valence electrons. The van der Waals surface area contributed by atoms with Crippen molar-refractivity contribution in [3.05, 3.63) is 48.4 Å². The van der Waals surface area contributed by atoms with Crippen molar-refractivity contribution in [2.45, 2.75) is 30.7 Å². The van der Waals surface area contributed by atoms with Crippen molar-refractivity contribution in [2.24, 2.45) is 11.8 Å². The van der Waals surface area contributed by atoms with E-state index in [-0.39, 0.29) is 41.6 Å². The zero-order chi connectivity index (χ0) is 25.0. The summed E-state index contributed by atoms with van der Waals surface area (Å²) in [7, 11) is -5.28. The fourth-order valence-corrected chi connectivity index (χ4v) is 7.88. The van der Waals surface area contributed by atoms with Crippen molar-refractivity contribution in [1.29, 1.82) is 5.26 Å². The highest BCUT2D eigenvalue weighted by atomic mass is 32.2. The molecule has 3 aromatic rings. The van der Waals surface area contributed by atoms with Crippen LogP contribution in [-0.2, 0) is 20.0 Å². The van der Waals surface area contributed by atoms with Gasteiger partial charge in [0.2, 0.25) is 10.0 Å². The Morgan fingerprint density at radius 1 is 1.09 bits per heavy atom. The van der Waals surface area contributed by atoms with E-state index in [0.717, 1.165) is 5.56 Å². The maximum absolute atomic E-state index is 13.2. The van der Waals surface area contributed by atoms with Crippen LogP contribution in [0.25, 0.3) is 11.0 Å². The number of nitrogens with zero attached hydrogens (tertiary/aromatic N) is 6. The second-order valence-electron chi connectivity index (χ2n) is 9.39. The molecule has 0 atom stereocenters. The fraction of sp³-hybridized carbons (Fsp3) is 0.435. The normalized spacial score (nSPS) is 21.3. The minimum atomic E-state index is -3.82. The highest BCUT2D eigenvalue weighted by Crippen LogP contribution is 2.37. The molecule has 1 saturated heterocycles. The molecule has 1 aromatic carbocycles. The van der Waals surface area contributed by atoms with E-state index in [0.29, 0.717) is 29.7 Å². The number of aromatic nitrogens is 3. The number of nitriles is 1. The van der Waals surface area contributed by atoms with E-state index >= 15 is 0 Å². The monoisotopic (exact) mass is 514 g/mol. The van der Waals surface area contributed by atoms with Gasteiger partial charge in [0, 0.05) is 32.4 Å². The second kappa shape index (κ2) is 8.58. The van der Waals surface area contributed by atoms with Crippen molar-refractivity contribution in [2.75, 3.05) is 30.8 Å². The van der Waals surface area contributed by atoms with Crippen LogP contribution in [0.3, 0.4) is 0 Å². The molecule has 0 spiro atoms. The van der Waals surface area contributed by atoms with E-state index in [1.165, 1.54) is 20.8 Å². The molecule has 0 bridgehead atoms. The Morgan fingerprint density at radius 2 is 1.77 bits per heavy atom. The molecule has 2 aliphatic rings. The summed E-state index contributed by atoms with van der Waals surface area (Å²) in [6, 6.07) is 10.5. The van der Waals surface area contributed by atoms with Crippen molar-refractivity contribution < 1.29 is 16.8 Å². The lowest BCUT2D eigenvalue weighted by Gasteiger charge is -2.43. The summed E-state index contributed by atoms with van der Waals surface area (Å²) < 4.78 is 54.1. The van der Waals surface area contributed by atoms with Gasteiger partial charge in [-0.3, -0.25) is 0 Å². The smallest absolute Gasteiger partial charge is 0.269 e. The Labute approximate surface area is 204 Å². The Bertz CT molecular complexity index is 1510. The summed E-state index contributed by atoms with van der Waals surface area (Å²) in [4.78, 5) is 10.8. The molecular weight excluding hydrogens is 488 g/mol. The van der Waals surface area contributed by atoms with Crippen LogP contribution in [0.5, 0.6) is 0 Å². The molecule has 0 amide bonds. The van der Waals surface area contributed by atoms with Crippen LogP contribution in [0.2, 0.25) is 0 Å². The van der Waals surface area contributed by atoms with Crippen molar-refractivity contribution in [1.82, 2.24) is 18.2 Å². The topological polar surface area (TPSA) is 129 Å². The predicted octanol–water partition coefficient (Wildman–Crippen LogP) is 1.98. The molecule has 12 heteroatoms. The van der Waals surface area contributed by atoms with Gasteiger partial charge in [-0.2, -0.15) is 9.57 Å². The number of benzene rings is 1. The second-order valence-corrected chi connectivity index (χ2v) is 13.2. The minimum absolute atomic E-state index is 0.0393. The van der Waals surface area contributed by atoms with Gasteiger partial charge in [0.1, 0.15) is 12.1 Å². The third-order valence-corrected chi connectivity index (χ3v) is 10.6. The average Bonchev–Trinajstić information content (AvgIpc) is 3.20. The molecule has 1 saturated carbocycles. The number of hydrogen-bond acceptors (Lipinski definition) is 8. The van der Waals surface area contributed by atoms with Gasteiger partial charge in [-0.25, -0.2) is 30.8 Å². The van der Waals surface area contributed by atoms with E-state index in [1.54, 1.807) is 30.3 Å². The summed E-state index contributed by atoms with van der Waals surface area (Å²) in [5.74, 6) is 0.531. The molecule has 1 aliphatic heterocycles. The molecule has 0 radical (unpaired) electrons. The lowest BCUT2D eigenvalue weighted by molar-refractivity contribution is 0.236. The van der Waals surface area contributed by atoms with E-state index in [2.05, 4.69) is 16.0 Å². The molecular formula is C23H26N6O4S2. The Balaban J connectivity index is 1.31. The number of hydrogen-bond donors (Lipinski definition) is 0. The van der Waals surface area contributed by atoms with Crippen LogP contribution in [0, 0.1) is 30.1 Å². The van der Waals surface area contributed by atoms with Crippen LogP contribution in [-0.4, -0.2) is 67.0 Å². The maximum atomic E-state index is 13.2. The van der Waals surface area contributed by atoms with Crippen LogP contribution in [0.1, 0.15) is 18.4 Å². The van der Waals surface area contributed by atoms with Gasteiger partial charge in [-0.15, -0.1) is 0 Å². The molecule has 0 N–H and O–H groups in total. The summed E-state index contributed by atoms with van der Waals surface area (Å²) >= 11 is 0. The van der Waals surface area contributed by atoms with Gasteiger partial charge in [-0.1, -0.05) is 17.7 Å². The highest BCUT2D eigenvalue weighted by Gasteiger charge is 2.41. The van der Waals surface area contributed by atoms with Crippen LogP contribution in [0.15, 0.2) is 47.8 Å². The van der Waals surface area contributed by atoms with Crippen molar-refractivity contribution in [3.63, 3.8) is 0 Å². The first kappa shape index (κ1) is 23.7. The summed E-state index contributed by atoms with van der Waals surface area (Å²) in [6.07, 6.45) is 4.23. The molecule has 1 aliphatic carbocycles. The molecule has 3 heterocycles. The third-order valence-electron chi connectivity index (χ3n) is 6.97. The Morgan fingerprint density at radius 3 is 2.43 bits per heavy atom. The number of anilines is 1. The SMILES string of the molecule is Cc1ccc(S(=O)(=O)n2ccc3c(N(C)C4CC(CS(=O)(=O)N5CC(C#N)C5)C4)ncnc32)cc1. The molecule has 5 rings (SSSR count). The molecule has 35 heavy (non-hydrogen) atoms.